The highest BCUT2D eigenvalue weighted by Gasteiger charge is 2.59. The average Bonchev–Trinajstić information content (AvgIpc) is 3.20. The van der Waals surface area contributed by atoms with E-state index in [1.165, 1.54) is 36.4 Å². The van der Waals surface area contributed by atoms with Crippen LogP contribution in [0.15, 0.2) is 82.9 Å². The molecule has 35 heavy (non-hydrogen) atoms. The van der Waals surface area contributed by atoms with Crippen LogP contribution in [0.2, 0.25) is 0 Å². The van der Waals surface area contributed by atoms with Crippen LogP contribution in [0.4, 0.5) is 22.0 Å². The number of aromatic nitrogens is 4. The third kappa shape index (κ3) is 5.12. The van der Waals surface area contributed by atoms with E-state index in [1.807, 2.05) is 0 Å². The quantitative estimate of drug-likeness (QED) is 0.516. The Bertz CT molecular complexity index is 1300. The van der Waals surface area contributed by atoms with Gasteiger partial charge >= 0.3 is 5.92 Å². The summed E-state index contributed by atoms with van der Waals surface area (Å²) in [5, 5.41) is 21.4. The van der Waals surface area contributed by atoms with Crippen molar-refractivity contribution >= 4 is 5.71 Å². The van der Waals surface area contributed by atoms with Crippen molar-refractivity contribution in [2.75, 3.05) is 6.54 Å². The Labute approximate surface area is 196 Å². The number of hydrogen-bond acceptors (Lipinski definition) is 5. The van der Waals surface area contributed by atoms with Crippen LogP contribution in [0.1, 0.15) is 12.0 Å². The fourth-order valence-corrected chi connectivity index (χ4v) is 3.56. The van der Waals surface area contributed by atoms with Gasteiger partial charge in [-0.3, -0.25) is 4.99 Å². The van der Waals surface area contributed by atoms with Gasteiger partial charge < -0.3 is 5.11 Å². The molecule has 1 N–H and O–H groups in total. The molecule has 180 valence electrons. The van der Waals surface area contributed by atoms with Crippen LogP contribution in [0.5, 0.6) is 0 Å². The molecule has 0 saturated carbocycles. The van der Waals surface area contributed by atoms with Gasteiger partial charge in [0.15, 0.2) is 5.60 Å². The third-order valence-corrected chi connectivity index (χ3v) is 5.40. The molecule has 0 saturated heterocycles. The molecule has 1 aromatic heterocycles. The van der Waals surface area contributed by atoms with Crippen molar-refractivity contribution in [2.45, 2.75) is 30.7 Å². The molecule has 2 aromatic rings. The molecular weight excluding hydrogens is 469 g/mol. The lowest BCUT2D eigenvalue weighted by molar-refractivity contribution is -0.121. The maximum absolute atomic E-state index is 15.9. The minimum Gasteiger partial charge on any atom is -0.377 e. The van der Waals surface area contributed by atoms with E-state index in [1.54, 1.807) is 0 Å². The van der Waals surface area contributed by atoms with Crippen LogP contribution in [-0.2, 0) is 6.54 Å². The number of benzene rings is 1. The molecule has 2 heterocycles. The van der Waals surface area contributed by atoms with Crippen LogP contribution in [-0.4, -0.2) is 55.3 Å². The molecule has 0 fully saturated rings. The van der Waals surface area contributed by atoms with Crippen molar-refractivity contribution in [3.8, 4) is 11.8 Å². The second-order valence-corrected chi connectivity index (χ2v) is 7.82. The van der Waals surface area contributed by atoms with Gasteiger partial charge in [0.25, 0.3) is 0 Å². The monoisotopic (exact) mass is 487 g/mol. The fraction of sp³-hybridized carbons (Fsp3) is 0.250. The average molecular weight is 487 g/mol. The van der Waals surface area contributed by atoms with Crippen LogP contribution in [0, 0.1) is 17.7 Å². The predicted octanol–water partition coefficient (Wildman–Crippen LogP) is 3.69. The minimum absolute atomic E-state index is 0.198. The topological polar surface area (TPSA) is 76.2 Å². The van der Waals surface area contributed by atoms with Crippen molar-refractivity contribution in [2.24, 2.45) is 4.99 Å². The maximum atomic E-state index is 15.9. The van der Waals surface area contributed by atoms with E-state index in [0.29, 0.717) is 11.1 Å². The second kappa shape index (κ2) is 9.76. The van der Waals surface area contributed by atoms with E-state index in [9.17, 15) is 18.3 Å². The molecule has 1 aliphatic carbocycles. The van der Waals surface area contributed by atoms with Crippen molar-refractivity contribution in [3.63, 3.8) is 0 Å². The molecule has 2 atom stereocenters. The van der Waals surface area contributed by atoms with E-state index in [-0.39, 0.29) is 6.54 Å². The van der Waals surface area contributed by atoms with Gasteiger partial charge in [-0.1, -0.05) is 17.9 Å². The van der Waals surface area contributed by atoms with Gasteiger partial charge in [-0.25, -0.2) is 17.9 Å². The zero-order valence-corrected chi connectivity index (χ0v) is 18.0. The lowest BCUT2D eigenvalue weighted by atomic mass is 9.81. The number of rotatable bonds is 5. The Morgan fingerprint density at radius 1 is 1.09 bits per heavy atom. The van der Waals surface area contributed by atoms with E-state index >= 15 is 8.78 Å². The molecule has 6 nitrogen and oxygen atoms in total. The van der Waals surface area contributed by atoms with Crippen LogP contribution >= 0.6 is 0 Å². The smallest absolute Gasteiger partial charge is 0.323 e. The summed E-state index contributed by atoms with van der Waals surface area (Å²) in [7, 11) is 0. The highest BCUT2D eigenvalue weighted by atomic mass is 19.3. The molecule has 0 amide bonds. The Morgan fingerprint density at radius 3 is 2.54 bits per heavy atom. The predicted molar refractivity (Wildman–Crippen MR) is 117 cm³/mol. The zero-order chi connectivity index (χ0) is 25.1. The summed E-state index contributed by atoms with van der Waals surface area (Å²) < 4.78 is 73.9. The third-order valence-electron chi connectivity index (χ3n) is 5.40. The molecule has 0 spiro atoms. The number of alkyl halides is 3. The van der Waals surface area contributed by atoms with E-state index < -0.39 is 53.6 Å². The maximum Gasteiger partial charge on any atom is 0.323 e. The van der Waals surface area contributed by atoms with Crippen molar-refractivity contribution in [3.05, 3.63) is 89.3 Å². The van der Waals surface area contributed by atoms with Crippen LogP contribution in [0.3, 0.4) is 0 Å². The molecule has 0 radical (unpaired) electrons. The van der Waals surface area contributed by atoms with E-state index in [4.69, 9.17) is 0 Å². The Morgan fingerprint density at radius 2 is 1.86 bits per heavy atom. The number of allylic oxidation sites excluding steroid dienone is 5. The van der Waals surface area contributed by atoms with Gasteiger partial charge in [-0.2, -0.15) is 8.78 Å². The number of nitrogens with zero attached hydrogens (tertiary/aromatic N) is 5. The first-order chi connectivity index (χ1) is 16.7. The van der Waals surface area contributed by atoms with Gasteiger partial charge in [-0.15, -0.1) is 5.10 Å². The summed E-state index contributed by atoms with van der Waals surface area (Å²) in [5.41, 5.74) is -3.92. The molecular formula is C24H18F5N5O. The largest absolute Gasteiger partial charge is 0.377 e. The summed E-state index contributed by atoms with van der Waals surface area (Å²) in [6.45, 7) is -1.12. The minimum atomic E-state index is -4.14. The first-order valence-electron chi connectivity index (χ1n) is 10.4. The number of tetrazole rings is 1. The Kier molecular flexibility index (Phi) is 6.75. The molecule has 1 aromatic carbocycles. The number of aliphatic imine (C=N–C) groups is 1. The molecule has 1 aliphatic heterocycles. The number of hydrogen-bond donors (Lipinski definition) is 1. The summed E-state index contributed by atoms with van der Waals surface area (Å²) in [4.78, 5) is 3.86. The summed E-state index contributed by atoms with van der Waals surface area (Å²) in [5.74, 6) is -0.182. The lowest BCUT2D eigenvalue weighted by Crippen LogP contribution is -2.57. The van der Waals surface area contributed by atoms with Crippen LogP contribution < -0.4 is 0 Å². The summed E-state index contributed by atoms with van der Waals surface area (Å²) in [6, 6.07) is 5.43. The van der Waals surface area contributed by atoms with E-state index in [0.717, 1.165) is 29.2 Å². The summed E-state index contributed by atoms with van der Waals surface area (Å²) >= 11 is 0. The first kappa shape index (κ1) is 24.2. The normalized spacial score (nSPS) is 19.9. The fourth-order valence-electron chi connectivity index (χ4n) is 3.56. The molecule has 0 bridgehead atoms. The van der Waals surface area contributed by atoms with Gasteiger partial charge in [-0.05, 0) is 59.0 Å². The summed E-state index contributed by atoms with van der Waals surface area (Å²) in [6.07, 6.45) is 3.95. The SMILES string of the molecule is OC(Cn1cnnn1)(C1=C(F)CC(F)C=C1)C(F)(F)C1=NCC=C(C#Cc2ccc(F)cc2)C=C1. The molecule has 2 aliphatic rings. The van der Waals surface area contributed by atoms with Crippen molar-refractivity contribution in [1.29, 1.82) is 0 Å². The Balaban J connectivity index is 1.65. The van der Waals surface area contributed by atoms with Gasteiger partial charge in [0.05, 0.1) is 13.1 Å². The zero-order valence-electron chi connectivity index (χ0n) is 18.0. The first-order valence-corrected chi connectivity index (χ1v) is 10.4. The highest BCUT2D eigenvalue weighted by molar-refractivity contribution is 6.03. The Hall–Kier alpha value is -3.91. The number of aliphatic hydroxyl groups is 1. The molecule has 11 heteroatoms. The van der Waals surface area contributed by atoms with Gasteiger partial charge in [0, 0.05) is 23.1 Å². The van der Waals surface area contributed by atoms with Gasteiger partial charge in [0.2, 0.25) is 0 Å². The number of halogens is 5. The van der Waals surface area contributed by atoms with Crippen LogP contribution in [0.25, 0.3) is 0 Å². The second-order valence-electron chi connectivity index (χ2n) is 7.82. The highest BCUT2D eigenvalue weighted by Crippen LogP contribution is 2.42. The standard InChI is InChI=1S/C24H18F5N5O/c25-18-6-3-16(4-7-18)1-2-17-5-10-22(30-12-11-17)24(28,29)23(35,14-34-15-31-32-33-34)20-9-8-19(26)13-21(20)27/h3-11,15,19,35H,12-14H2. The lowest BCUT2D eigenvalue weighted by Gasteiger charge is -2.37. The van der Waals surface area contributed by atoms with E-state index in [2.05, 4.69) is 32.4 Å². The van der Waals surface area contributed by atoms with Crippen molar-refractivity contribution in [1.82, 2.24) is 20.2 Å². The van der Waals surface area contributed by atoms with Crippen molar-refractivity contribution < 1.29 is 27.1 Å². The molecule has 4 rings (SSSR count). The van der Waals surface area contributed by atoms with Gasteiger partial charge in [0.1, 0.15) is 29.9 Å². The molecule has 2 unspecified atom stereocenters.